The number of nitrogens with zero attached hydrogens (tertiary/aromatic N) is 1. The van der Waals surface area contributed by atoms with Crippen molar-refractivity contribution in [1.29, 1.82) is 0 Å². The number of fused-ring (bicyclic) bond motifs is 3. The van der Waals surface area contributed by atoms with Gasteiger partial charge in [-0.15, -0.1) is 0 Å². The van der Waals surface area contributed by atoms with E-state index in [0.29, 0.717) is 0 Å². The largest absolute Gasteiger partial charge is 0.343 e. The Bertz CT molecular complexity index is 991. The molecule has 0 amide bonds. The van der Waals surface area contributed by atoms with Crippen LogP contribution in [0.5, 0.6) is 0 Å². The molecule has 0 atom stereocenters. The van der Waals surface area contributed by atoms with Crippen molar-refractivity contribution in [2.24, 2.45) is 7.05 Å². The molecule has 1 heteroatoms. The maximum atomic E-state index is 2.33. The first-order valence-corrected chi connectivity index (χ1v) is 7.70. The van der Waals surface area contributed by atoms with Crippen molar-refractivity contribution in [3.8, 4) is 11.1 Å². The topological polar surface area (TPSA) is 4.93 Å². The Morgan fingerprint density at radius 2 is 1.45 bits per heavy atom. The predicted octanol–water partition coefficient (Wildman–Crippen LogP) is 5.62. The summed E-state index contributed by atoms with van der Waals surface area (Å²) in [6.07, 6.45) is 0. The Labute approximate surface area is 130 Å². The zero-order chi connectivity index (χ0) is 15.3. The van der Waals surface area contributed by atoms with Crippen molar-refractivity contribution in [2.45, 2.75) is 13.8 Å². The zero-order valence-corrected chi connectivity index (χ0v) is 13.2. The molecular formula is C21H19N. The predicted molar refractivity (Wildman–Crippen MR) is 95.3 cm³/mol. The number of benzene rings is 3. The van der Waals surface area contributed by atoms with E-state index < -0.39 is 0 Å². The number of aromatic nitrogens is 1. The lowest BCUT2D eigenvalue weighted by molar-refractivity contribution is 1.01. The maximum absolute atomic E-state index is 2.33. The highest BCUT2D eigenvalue weighted by molar-refractivity contribution is 6.13. The third-order valence-electron chi connectivity index (χ3n) is 4.48. The third kappa shape index (κ3) is 1.86. The second-order valence-corrected chi connectivity index (χ2v) is 6.15. The fourth-order valence-electron chi connectivity index (χ4n) is 3.46. The van der Waals surface area contributed by atoms with Crippen LogP contribution in [0.3, 0.4) is 0 Å². The minimum absolute atomic E-state index is 1.28. The van der Waals surface area contributed by atoms with E-state index in [0.717, 1.165) is 0 Å². The van der Waals surface area contributed by atoms with Gasteiger partial charge in [0.25, 0.3) is 0 Å². The maximum Gasteiger partial charge on any atom is 0.0568 e. The van der Waals surface area contributed by atoms with Crippen molar-refractivity contribution >= 4 is 21.8 Å². The van der Waals surface area contributed by atoms with Crippen LogP contribution in [0.1, 0.15) is 11.1 Å². The molecule has 0 aliphatic carbocycles. The minimum Gasteiger partial charge on any atom is -0.343 e. The van der Waals surface area contributed by atoms with Crippen LogP contribution in [-0.2, 0) is 7.05 Å². The molecule has 1 nitrogen and oxygen atoms in total. The molecule has 1 heterocycles. The second-order valence-electron chi connectivity index (χ2n) is 6.15. The molecule has 4 aromatic rings. The average molecular weight is 285 g/mol. The molecule has 0 spiro atoms. The van der Waals surface area contributed by atoms with Gasteiger partial charge in [-0.3, -0.25) is 0 Å². The first kappa shape index (κ1) is 13.1. The van der Waals surface area contributed by atoms with Crippen LogP contribution in [0.15, 0.2) is 60.7 Å². The molecule has 0 N–H and O–H groups in total. The summed E-state index contributed by atoms with van der Waals surface area (Å²) in [7, 11) is 2.17. The summed E-state index contributed by atoms with van der Waals surface area (Å²) < 4.78 is 2.33. The molecule has 0 saturated carbocycles. The fraction of sp³-hybridized carbons (Fsp3) is 0.143. The molecule has 108 valence electrons. The summed E-state index contributed by atoms with van der Waals surface area (Å²) in [5.74, 6) is 0. The van der Waals surface area contributed by atoms with Crippen LogP contribution in [0.4, 0.5) is 0 Å². The Morgan fingerprint density at radius 3 is 2.23 bits per heavy atom. The Balaban J connectivity index is 2.21. The lowest BCUT2D eigenvalue weighted by atomic mass is 9.99. The highest BCUT2D eigenvalue weighted by atomic mass is 14.9. The number of hydrogen-bond acceptors (Lipinski definition) is 0. The van der Waals surface area contributed by atoms with Gasteiger partial charge in [-0.25, -0.2) is 0 Å². The van der Waals surface area contributed by atoms with Gasteiger partial charge in [0, 0.05) is 28.9 Å². The van der Waals surface area contributed by atoms with E-state index in [-0.39, 0.29) is 0 Å². The summed E-state index contributed by atoms with van der Waals surface area (Å²) in [6.45, 7) is 4.34. The Hall–Kier alpha value is -2.54. The van der Waals surface area contributed by atoms with Crippen LogP contribution in [0.25, 0.3) is 32.9 Å². The van der Waals surface area contributed by atoms with E-state index in [2.05, 4.69) is 86.1 Å². The zero-order valence-electron chi connectivity index (χ0n) is 13.2. The molecule has 0 aliphatic rings. The van der Waals surface area contributed by atoms with E-state index in [1.807, 2.05) is 0 Å². The van der Waals surface area contributed by atoms with E-state index in [1.165, 1.54) is 44.1 Å². The van der Waals surface area contributed by atoms with Crippen molar-refractivity contribution in [1.82, 2.24) is 4.57 Å². The van der Waals surface area contributed by atoms with E-state index in [4.69, 9.17) is 0 Å². The summed E-state index contributed by atoms with van der Waals surface area (Å²) in [4.78, 5) is 0. The lowest BCUT2D eigenvalue weighted by Gasteiger charge is -2.08. The lowest BCUT2D eigenvalue weighted by Crippen LogP contribution is -1.90. The molecule has 0 unspecified atom stereocenters. The molecule has 0 aliphatic heterocycles. The first-order valence-electron chi connectivity index (χ1n) is 7.70. The Kier molecular flexibility index (Phi) is 2.83. The molecule has 0 saturated heterocycles. The van der Waals surface area contributed by atoms with Crippen LogP contribution in [0.2, 0.25) is 0 Å². The SMILES string of the molecule is Cc1ccc2c(c1)c1cc(C)cc(-c3ccccc3)c1n2C. The van der Waals surface area contributed by atoms with Crippen molar-refractivity contribution in [3.63, 3.8) is 0 Å². The van der Waals surface area contributed by atoms with Gasteiger partial charge in [0.05, 0.1) is 5.52 Å². The monoisotopic (exact) mass is 285 g/mol. The molecule has 1 aromatic heterocycles. The second kappa shape index (κ2) is 4.74. The van der Waals surface area contributed by atoms with E-state index in [1.54, 1.807) is 0 Å². The molecule has 3 aromatic carbocycles. The molecule has 4 rings (SSSR count). The summed E-state index contributed by atoms with van der Waals surface area (Å²) in [5.41, 5.74) is 7.81. The highest BCUT2D eigenvalue weighted by Gasteiger charge is 2.13. The van der Waals surface area contributed by atoms with Gasteiger partial charge in [0.1, 0.15) is 0 Å². The standard InChI is InChI=1S/C21H19N/c1-14-9-10-20-18(11-14)19-13-15(2)12-17(21(19)22(20)3)16-7-5-4-6-8-16/h4-13H,1-3H3. The number of hydrogen-bond donors (Lipinski definition) is 0. The summed E-state index contributed by atoms with van der Waals surface area (Å²) >= 11 is 0. The van der Waals surface area contributed by atoms with Crippen molar-refractivity contribution in [2.75, 3.05) is 0 Å². The smallest absolute Gasteiger partial charge is 0.0568 e. The van der Waals surface area contributed by atoms with Gasteiger partial charge in [0.15, 0.2) is 0 Å². The quantitative estimate of drug-likeness (QED) is 0.428. The first-order chi connectivity index (χ1) is 10.6. The molecule has 0 bridgehead atoms. The van der Waals surface area contributed by atoms with Crippen LogP contribution in [0, 0.1) is 13.8 Å². The molecule has 0 fully saturated rings. The fourth-order valence-corrected chi connectivity index (χ4v) is 3.46. The van der Waals surface area contributed by atoms with Crippen molar-refractivity contribution < 1.29 is 0 Å². The van der Waals surface area contributed by atoms with Gasteiger partial charge in [-0.2, -0.15) is 0 Å². The van der Waals surface area contributed by atoms with Crippen LogP contribution < -0.4 is 0 Å². The number of aryl methyl sites for hydroxylation is 3. The highest BCUT2D eigenvalue weighted by Crippen LogP contribution is 2.36. The average Bonchev–Trinajstić information content (AvgIpc) is 2.80. The van der Waals surface area contributed by atoms with Gasteiger partial charge in [-0.1, -0.05) is 42.0 Å². The van der Waals surface area contributed by atoms with Gasteiger partial charge in [0.2, 0.25) is 0 Å². The molecular weight excluding hydrogens is 266 g/mol. The number of rotatable bonds is 1. The summed E-state index contributed by atoms with van der Waals surface area (Å²) in [6, 6.07) is 22.0. The van der Waals surface area contributed by atoms with E-state index >= 15 is 0 Å². The third-order valence-corrected chi connectivity index (χ3v) is 4.48. The van der Waals surface area contributed by atoms with Crippen molar-refractivity contribution in [3.05, 3.63) is 71.8 Å². The normalized spacial score (nSPS) is 11.4. The van der Waals surface area contributed by atoms with Gasteiger partial charge in [-0.05, 0) is 49.2 Å². The summed E-state index contributed by atoms with van der Waals surface area (Å²) in [5, 5.41) is 2.69. The van der Waals surface area contributed by atoms with Gasteiger partial charge >= 0.3 is 0 Å². The van der Waals surface area contributed by atoms with E-state index in [9.17, 15) is 0 Å². The van der Waals surface area contributed by atoms with Crippen LogP contribution >= 0.6 is 0 Å². The molecule has 22 heavy (non-hydrogen) atoms. The minimum atomic E-state index is 1.28. The van der Waals surface area contributed by atoms with Gasteiger partial charge < -0.3 is 4.57 Å². The molecule has 0 radical (unpaired) electrons. The Morgan fingerprint density at radius 1 is 0.727 bits per heavy atom. The van der Waals surface area contributed by atoms with Crippen LogP contribution in [-0.4, -0.2) is 4.57 Å².